The number of H-pyrrole nitrogens is 1. The van der Waals surface area contributed by atoms with Gasteiger partial charge in [-0.05, 0) is 61.6 Å². The number of hydrogen-bond acceptors (Lipinski definition) is 3. The number of aromatic nitrogens is 2. The van der Waals surface area contributed by atoms with E-state index in [1.165, 1.54) is 25.1 Å². The average Bonchev–Trinajstić information content (AvgIpc) is 3.33. The zero-order chi connectivity index (χ0) is 25.7. The summed E-state index contributed by atoms with van der Waals surface area (Å²) in [5, 5.41) is 3.56. The molecule has 8 heteroatoms. The van der Waals surface area contributed by atoms with Crippen LogP contribution in [0.25, 0.3) is 27.0 Å². The van der Waals surface area contributed by atoms with Crippen LogP contribution < -0.4 is 10.1 Å². The Labute approximate surface area is 212 Å². The SMILES string of the molecule is [C-]#[N+]c1c(-c2c[nH]c3c(F)cc(F)cc23)nc(NC2C3CCC(CC3)C2C)c(F)c1Oc1ccccc1. The highest BCUT2D eigenvalue weighted by molar-refractivity contribution is 5.99. The van der Waals surface area contributed by atoms with Crippen molar-refractivity contribution in [2.24, 2.45) is 17.8 Å². The third kappa shape index (κ3) is 3.99. The predicted molar refractivity (Wildman–Crippen MR) is 136 cm³/mol. The summed E-state index contributed by atoms with van der Waals surface area (Å²) in [7, 11) is 0. The fourth-order valence-corrected chi connectivity index (χ4v) is 6.13. The number of rotatable bonds is 5. The summed E-state index contributed by atoms with van der Waals surface area (Å²) in [6, 6.07) is 10.6. The molecule has 5 nitrogen and oxygen atoms in total. The van der Waals surface area contributed by atoms with Crippen LogP contribution >= 0.6 is 0 Å². The Morgan fingerprint density at radius 2 is 1.78 bits per heavy atom. The molecule has 4 aromatic rings. The van der Waals surface area contributed by atoms with E-state index in [9.17, 15) is 8.78 Å². The number of nitrogens with one attached hydrogen (secondary N) is 2. The van der Waals surface area contributed by atoms with Gasteiger partial charge in [0.2, 0.25) is 0 Å². The van der Waals surface area contributed by atoms with Crippen LogP contribution in [0.15, 0.2) is 48.7 Å². The van der Waals surface area contributed by atoms with E-state index < -0.39 is 17.5 Å². The smallest absolute Gasteiger partial charge is 0.257 e. The van der Waals surface area contributed by atoms with Crippen molar-refractivity contribution in [3.05, 3.63) is 77.5 Å². The summed E-state index contributed by atoms with van der Waals surface area (Å²) in [6.45, 7) is 10.1. The molecule has 3 aliphatic rings. The molecule has 3 fully saturated rings. The minimum Gasteiger partial charge on any atom is -0.465 e. The van der Waals surface area contributed by atoms with Crippen molar-refractivity contribution in [3.8, 4) is 22.8 Å². The van der Waals surface area contributed by atoms with Gasteiger partial charge in [-0.3, -0.25) is 0 Å². The Kier molecular flexibility index (Phi) is 5.79. The summed E-state index contributed by atoms with van der Waals surface area (Å²) in [6.07, 6.45) is 5.97. The van der Waals surface area contributed by atoms with Gasteiger partial charge in [0.25, 0.3) is 5.69 Å². The average molecular weight is 503 g/mol. The standard InChI is InChI=1S/C29H25F3N4O/c1-15-16-8-10-17(11-9-16)24(15)35-29-23(32)28(37-19-6-4-3-5-7-19)27(33-2)26(36-29)21-14-34-25-20(21)12-18(30)13-22(25)31/h3-7,12-17,24,34H,8-11H2,1H3,(H,35,36). The van der Waals surface area contributed by atoms with Gasteiger partial charge in [-0.1, -0.05) is 25.1 Å². The first-order valence-electron chi connectivity index (χ1n) is 12.5. The van der Waals surface area contributed by atoms with Gasteiger partial charge in [0.15, 0.2) is 17.4 Å². The van der Waals surface area contributed by atoms with Crippen LogP contribution in [0.2, 0.25) is 0 Å². The minimum absolute atomic E-state index is 0.0241. The lowest BCUT2D eigenvalue weighted by molar-refractivity contribution is 0.0926. The van der Waals surface area contributed by atoms with Gasteiger partial charge in [0, 0.05) is 29.3 Å². The van der Waals surface area contributed by atoms with Gasteiger partial charge in [0.1, 0.15) is 17.4 Å². The van der Waals surface area contributed by atoms with Crippen molar-refractivity contribution in [1.82, 2.24) is 9.97 Å². The van der Waals surface area contributed by atoms with Crippen LogP contribution in [-0.4, -0.2) is 16.0 Å². The monoisotopic (exact) mass is 502 g/mol. The van der Waals surface area contributed by atoms with E-state index in [0.29, 0.717) is 29.1 Å². The molecule has 7 rings (SSSR count). The zero-order valence-corrected chi connectivity index (χ0v) is 20.2. The van der Waals surface area contributed by atoms with Crippen LogP contribution in [0.5, 0.6) is 11.5 Å². The lowest BCUT2D eigenvalue weighted by Gasteiger charge is -2.47. The van der Waals surface area contributed by atoms with Gasteiger partial charge in [-0.2, -0.15) is 0 Å². The number of anilines is 1. The van der Waals surface area contributed by atoms with Crippen LogP contribution in [0.3, 0.4) is 0 Å². The molecule has 2 bridgehead atoms. The predicted octanol–water partition coefficient (Wildman–Crippen LogP) is 8.23. The van der Waals surface area contributed by atoms with E-state index >= 15 is 4.39 Å². The topological polar surface area (TPSA) is 54.3 Å². The molecule has 2 heterocycles. The summed E-state index contributed by atoms with van der Waals surface area (Å²) >= 11 is 0. The van der Waals surface area contributed by atoms with Crippen molar-refractivity contribution >= 4 is 22.4 Å². The molecule has 37 heavy (non-hydrogen) atoms. The van der Waals surface area contributed by atoms with Crippen LogP contribution in [0.4, 0.5) is 24.7 Å². The van der Waals surface area contributed by atoms with Gasteiger partial charge in [-0.25, -0.2) is 23.0 Å². The number of benzene rings is 2. The number of para-hydroxylation sites is 1. The second kappa shape index (κ2) is 9.15. The Morgan fingerprint density at radius 3 is 2.49 bits per heavy atom. The first-order valence-corrected chi connectivity index (χ1v) is 12.5. The lowest BCUT2D eigenvalue weighted by Crippen LogP contribution is -2.47. The van der Waals surface area contributed by atoms with E-state index in [4.69, 9.17) is 11.3 Å². The number of hydrogen-bond donors (Lipinski definition) is 2. The fraction of sp³-hybridized carbons (Fsp3) is 0.310. The van der Waals surface area contributed by atoms with Crippen molar-refractivity contribution in [2.75, 3.05) is 5.32 Å². The Morgan fingerprint density at radius 1 is 1.05 bits per heavy atom. The fourth-order valence-electron chi connectivity index (χ4n) is 6.13. The molecule has 0 saturated heterocycles. The lowest BCUT2D eigenvalue weighted by atomic mass is 9.62. The van der Waals surface area contributed by atoms with Gasteiger partial charge < -0.3 is 15.0 Å². The maximum Gasteiger partial charge on any atom is 0.257 e. The maximum absolute atomic E-state index is 16.1. The van der Waals surface area contributed by atoms with Gasteiger partial charge in [-0.15, -0.1) is 0 Å². The number of nitrogens with zero attached hydrogens (tertiary/aromatic N) is 2. The molecule has 2 aromatic heterocycles. The number of pyridine rings is 1. The minimum atomic E-state index is -0.765. The zero-order valence-electron chi connectivity index (χ0n) is 20.2. The molecule has 3 saturated carbocycles. The molecular formula is C29H25F3N4O. The van der Waals surface area contributed by atoms with E-state index in [2.05, 4.69) is 27.1 Å². The molecular weight excluding hydrogens is 477 g/mol. The molecule has 2 N–H and O–H groups in total. The maximum atomic E-state index is 16.1. The van der Waals surface area contributed by atoms with Crippen molar-refractivity contribution in [1.29, 1.82) is 0 Å². The van der Waals surface area contributed by atoms with Crippen LogP contribution in [-0.2, 0) is 0 Å². The molecule has 2 aromatic carbocycles. The van der Waals surface area contributed by atoms with Gasteiger partial charge >= 0.3 is 0 Å². The molecule has 0 amide bonds. The highest BCUT2D eigenvalue weighted by Crippen LogP contribution is 2.49. The second-order valence-electron chi connectivity index (χ2n) is 10.0. The summed E-state index contributed by atoms with van der Waals surface area (Å²) in [5.41, 5.74) is 0.292. The van der Waals surface area contributed by atoms with E-state index in [0.717, 1.165) is 18.9 Å². The number of aromatic amines is 1. The number of fused-ring (bicyclic) bond motifs is 4. The van der Waals surface area contributed by atoms with Crippen LogP contribution in [0.1, 0.15) is 32.6 Å². The Hall–Kier alpha value is -3.99. The van der Waals surface area contributed by atoms with Crippen molar-refractivity contribution < 1.29 is 17.9 Å². The third-order valence-corrected chi connectivity index (χ3v) is 8.04. The first-order chi connectivity index (χ1) is 17.9. The quantitative estimate of drug-likeness (QED) is 0.270. The highest BCUT2D eigenvalue weighted by Gasteiger charge is 2.42. The molecule has 0 spiro atoms. The van der Waals surface area contributed by atoms with Crippen LogP contribution in [0, 0.1) is 41.8 Å². The normalized spacial score (nSPS) is 22.7. The molecule has 0 radical (unpaired) electrons. The highest BCUT2D eigenvalue weighted by atomic mass is 19.1. The number of ether oxygens (including phenoxy) is 1. The second-order valence-corrected chi connectivity index (χ2v) is 10.0. The van der Waals surface area contributed by atoms with Crippen molar-refractivity contribution in [2.45, 2.75) is 38.6 Å². The molecule has 0 aliphatic heterocycles. The third-order valence-electron chi connectivity index (χ3n) is 8.04. The molecule has 3 aliphatic carbocycles. The first kappa shape index (κ1) is 23.4. The Balaban J connectivity index is 1.54. The molecule has 2 atom stereocenters. The molecule has 188 valence electrons. The van der Waals surface area contributed by atoms with E-state index in [1.54, 1.807) is 30.3 Å². The molecule has 2 unspecified atom stereocenters. The largest absolute Gasteiger partial charge is 0.465 e. The number of halogens is 3. The van der Waals surface area contributed by atoms with E-state index in [1.807, 2.05) is 0 Å². The summed E-state index contributed by atoms with van der Waals surface area (Å²) in [4.78, 5) is 10.9. The van der Waals surface area contributed by atoms with Gasteiger partial charge in [0.05, 0.1) is 17.8 Å². The Bertz CT molecular complexity index is 1520. The summed E-state index contributed by atoms with van der Waals surface area (Å²) < 4.78 is 50.6. The van der Waals surface area contributed by atoms with Crippen molar-refractivity contribution in [3.63, 3.8) is 0 Å². The van der Waals surface area contributed by atoms with E-state index in [-0.39, 0.29) is 39.9 Å². The summed E-state index contributed by atoms with van der Waals surface area (Å²) in [5.74, 6) is -0.903.